The minimum atomic E-state index is -3.12. The molecule has 1 aliphatic rings. The van der Waals surface area contributed by atoms with Crippen molar-refractivity contribution in [2.45, 2.75) is 32.2 Å². The SMILES string of the molecule is CCCS(=O)(=O)N1CCC(NC(=O)c2ccccc2)CC1. The van der Waals surface area contributed by atoms with Crippen LogP contribution < -0.4 is 5.32 Å². The molecule has 116 valence electrons. The Morgan fingerprint density at radius 2 is 1.86 bits per heavy atom. The molecule has 1 N–H and O–H groups in total. The molecule has 1 saturated heterocycles. The summed E-state index contributed by atoms with van der Waals surface area (Å²) in [5, 5.41) is 2.98. The zero-order valence-electron chi connectivity index (χ0n) is 12.3. The molecule has 0 radical (unpaired) electrons. The Labute approximate surface area is 126 Å². The maximum absolute atomic E-state index is 12.1. The maximum Gasteiger partial charge on any atom is 0.251 e. The number of sulfonamides is 1. The molecular formula is C15H22N2O3S. The highest BCUT2D eigenvalue weighted by molar-refractivity contribution is 7.89. The molecule has 21 heavy (non-hydrogen) atoms. The van der Waals surface area contributed by atoms with E-state index < -0.39 is 10.0 Å². The number of nitrogens with one attached hydrogen (secondary N) is 1. The minimum absolute atomic E-state index is 0.0470. The molecule has 1 aromatic carbocycles. The first kappa shape index (κ1) is 16.0. The van der Waals surface area contributed by atoms with Crippen LogP contribution >= 0.6 is 0 Å². The van der Waals surface area contributed by atoms with Crippen LogP contribution in [0.15, 0.2) is 30.3 Å². The number of carbonyl (C=O) groups excluding carboxylic acids is 1. The van der Waals surface area contributed by atoms with Crippen LogP contribution in [0.4, 0.5) is 0 Å². The topological polar surface area (TPSA) is 66.5 Å². The second kappa shape index (κ2) is 7.04. The molecule has 6 heteroatoms. The summed E-state index contributed by atoms with van der Waals surface area (Å²) in [6.07, 6.45) is 1.97. The first-order chi connectivity index (χ1) is 10.0. The summed E-state index contributed by atoms with van der Waals surface area (Å²) in [5.74, 6) is 0.110. The van der Waals surface area contributed by atoms with Crippen LogP contribution in [0.1, 0.15) is 36.5 Å². The van der Waals surface area contributed by atoms with Gasteiger partial charge in [-0.15, -0.1) is 0 Å². The van der Waals surface area contributed by atoms with Gasteiger partial charge in [-0.1, -0.05) is 25.1 Å². The molecule has 0 aromatic heterocycles. The van der Waals surface area contributed by atoms with Crippen molar-refractivity contribution in [3.63, 3.8) is 0 Å². The lowest BCUT2D eigenvalue weighted by Crippen LogP contribution is -2.47. The Morgan fingerprint density at radius 1 is 1.24 bits per heavy atom. The third kappa shape index (κ3) is 4.28. The van der Waals surface area contributed by atoms with Crippen molar-refractivity contribution in [1.82, 2.24) is 9.62 Å². The van der Waals surface area contributed by atoms with Crippen LogP contribution in [0, 0.1) is 0 Å². The summed E-state index contributed by atoms with van der Waals surface area (Å²) in [6.45, 7) is 2.84. The fourth-order valence-corrected chi connectivity index (χ4v) is 4.06. The summed E-state index contributed by atoms with van der Waals surface area (Å²) in [7, 11) is -3.12. The van der Waals surface area contributed by atoms with Gasteiger partial charge in [0.2, 0.25) is 10.0 Å². The molecule has 2 rings (SSSR count). The first-order valence-electron chi connectivity index (χ1n) is 7.36. The lowest BCUT2D eigenvalue weighted by molar-refractivity contribution is 0.0924. The Kier molecular flexibility index (Phi) is 5.36. The zero-order chi connectivity index (χ0) is 15.3. The van der Waals surface area contributed by atoms with E-state index in [0.29, 0.717) is 37.9 Å². The monoisotopic (exact) mass is 310 g/mol. The van der Waals surface area contributed by atoms with E-state index in [1.54, 1.807) is 16.4 Å². The zero-order valence-corrected chi connectivity index (χ0v) is 13.1. The van der Waals surface area contributed by atoms with Gasteiger partial charge in [0.25, 0.3) is 5.91 Å². The van der Waals surface area contributed by atoms with Crippen LogP contribution in [0.5, 0.6) is 0 Å². The summed E-state index contributed by atoms with van der Waals surface area (Å²) >= 11 is 0. The highest BCUT2D eigenvalue weighted by Crippen LogP contribution is 2.15. The molecule has 0 bridgehead atoms. The van der Waals surface area contributed by atoms with Gasteiger partial charge in [-0.05, 0) is 31.4 Å². The van der Waals surface area contributed by atoms with Gasteiger partial charge in [0.05, 0.1) is 5.75 Å². The molecule has 0 spiro atoms. The minimum Gasteiger partial charge on any atom is -0.349 e. The Balaban J connectivity index is 1.86. The van der Waals surface area contributed by atoms with Gasteiger partial charge < -0.3 is 5.32 Å². The van der Waals surface area contributed by atoms with E-state index in [-0.39, 0.29) is 17.7 Å². The van der Waals surface area contributed by atoms with Gasteiger partial charge >= 0.3 is 0 Å². The average Bonchev–Trinajstić information content (AvgIpc) is 2.48. The molecule has 5 nitrogen and oxygen atoms in total. The van der Waals surface area contributed by atoms with Crippen molar-refractivity contribution in [1.29, 1.82) is 0 Å². The van der Waals surface area contributed by atoms with E-state index in [4.69, 9.17) is 0 Å². The number of amides is 1. The van der Waals surface area contributed by atoms with Crippen molar-refractivity contribution in [3.05, 3.63) is 35.9 Å². The molecule has 0 aliphatic carbocycles. The number of hydrogen-bond donors (Lipinski definition) is 1. The van der Waals surface area contributed by atoms with Crippen LogP contribution in [-0.2, 0) is 10.0 Å². The van der Waals surface area contributed by atoms with Crippen molar-refractivity contribution < 1.29 is 13.2 Å². The standard InChI is InChI=1S/C15H22N2O3S/c1-2-12-21(19,20)17-10-8-14(9-11-17)16-15(18)13-6-4-3-5-7-13/h3-7,14H,2,8-12H2,1H3,(H,16,18). The number of rotatable bonds is 5. The fraction of sp³-hybridized carbons (Fsp3) is 0.533. The van der Waals surface area contributed by atoms with Gasteiger partial charge in [0, 0.05) is 24.7 Å². The first-order valence-corrected chi connectivity index (χ1v) is 8.97. The average molecular weight is 310 g/mol. The molecule has 0 unspecified atom stereocenters. The third-order valence-electron chi connectivity index (χ3n) is 3.68. The van der Waals surface area contributed by atoms with E-state index >= 15 is 0 Å². The Hall–Kier alpha value is -1.40. The third-order valence-corrected chi connectivity index (χ3v) is 5.76. The molecule has 0 saturated carbocycles. The smallest absolute Gasteiger partial charge is 0.251 e. The van der Waals surface area contributed by atoms with Gasteiger partial charge in [0.15, 0.2) is 0 Å². The molecule has 0 atom stereocenters. The van der Waals surface area contributed by atoms with Crippen molar-refractivity contribution >= 4 is 15.9 Å². The highest BCUT2D eigenvalue weighted by atomic mass is 32.2. The fourth-order valence-electron chi connectivity index (χ4n) is 2.52. The molecule has 1 heterocycles. The van der Waals surface area contributed by atoms with E-state index in [9.17, 15) is 13.2 Å². The predicted molar refractivity (Wildman–Crippen MR) is 82.6 cm³/mol. The molecular weight excluding hydrogens is 288 g/mol. The highest BCUT2D eigenvalue weighted by Gasteiger charge is 2.27. The van der Waals surface area contributed by atoms with Crippen molar-refractivity contribution in [3.8, 4) is 0 Å². The molecule has 1 fully saturated rings. The van der Waals surface area contributed by atoms with Crippen LogP contribution in [0.3, 0.4) is 0 Å². The number of nitrogens with zero attached hydrogens (tertiary/aromatic N) is 1. The molecule has 1 aromatic rings. The van der Waals surface area contributed by atoms with Crippen LogP contribution in [0.2, 0.25) is 0 Å². The number of piperidine rings is 1. The second-order valence-electron chi connectivity index (χ2n) is 5.33. The van der Waals surface area contributed by atoms with Crippen molar-refractivity contribution in [2.75, 3.05) is 18.8 Å². The van der Waals surface area contributed by atoms with E-state index in [2.05, 4.69) is 5.32 Å². The van der Waals surface area contributed by atoms with E-state index in [0.717, 1.165) is 0 Å². The van der Waals surface area contributed by atoms with E-state index in [1.165, 1.54) is 0 Å². The van der Waals surface area contributed by atoms with Gasteiger partial charge in [-0.2, -0.15) is 0 Å². The predicted octanol–water partition coefficient (Wildman–Crippen LogP) is 1.62. The van der Waals surface area contributed by atoms with Crippen LogP contribution in [0.25, 0.3) is 0 Å². The molecule has 1 amide bonds. The van der Waals surface area contributed by atoms with Gasteiger partial charge in [0.1, 0.15) is 0 Å². The maximum atomic E-state index is 12.1. The lowest BCUT2D eigenvalue weighted by atomic mass is 10.1. The van der Waals surface area contributed by atoms with Crippen molar-refractivity contribution in [2.24, 2.45) is 0 Å². The largest absolute Gasteiger partial charge is 0.349 e. The van der Waals surface area contributed by atoms with Crippen LogP contribution in [-0.4, -0.2) is 43.5 Å². The summed E-state index contributed by atoms with van der Waals surface area (Å²) < 4.78 is 25.5. The number of hydrogen-bond acceptors (Lipinski definition) is 3. The quantitative estimate of drug-likeness (QED) is 0.898. The Bertz CT molecular complexity index is 564. The van der Waals surface area contributed by atoms with Gasteiger partial charge in [-0.3, -0.25) is 4.79 Å². The number of carbonyl (C=O) groups is 1. The normalized spacial score (nSPS) is 17.6. The van der Waals surface area contributed by atoms with E-state index in [1.807, 2.05) is 25.1 Å². The lowest BCUT2D eigenvalue weighted by Gasteiger charge is -2.31. The number of benzene rings is 1. The summed E-state index contributed by atoms with van der Waals surface area (Å²) in [6, 6.07) is 9.12. The summed E-state index contributed by atoms with van der Waals surface area (Å²) in [5.41, 5.74) is 0.638. The summed E-state index contributed by atoms with van der Waals surface area (Å²) in [4.78, 5) is 12.1. The second-order valence-corrected chi connectivity index (χ2v) is 7.42. The molecule has 1 aliphatic heterocycles. The Morgan fingerprint density at radius 3 is 2.43 bits per heavy atom. The van der Waals surface area contributed by atoms with Gasteiger partial charge in [-0.25, -0.2) is 12.7 Å².